The molecule has 0 aliphatic carbocycles. The minimum atomic E-state index is -0.775. The summed E-state index contributed by atoms with van der Waals surface area (Å²) in [6.07, 6.45) is 7.54. The van der Waals surface area contributed by atoms with Crippen LogP contribution in [0.25, 0.3) is 0 Å². The van der Waals surface area contributed by atoms with Gasteiger partial charge in [0.15, 0.2) is 0 Å². The third-order valence-electron chi connectivity index (χ3n) is 1.94. The van der Waals surface area contributed by atoms with Crippen molar-refractivity contribution < 1.29 is 19.4 Å². The molecule has 22 heavy (non-hydrogen) atoms. The number of carboxylic acid groups (broad SMARTS) is 1. The number of allylic oxidation sites excluding steroid dienone is 3. The van der Waals surface area contributed by atoms with Gasteiger partial charge in [0.25, 0.3) is 0 Å². The first kappa shape index (κ1) is 22.2. The van der Waals surface area contributed by atoms with Gasteiger partial charge in [0.1, 0.15) is 5.60 Å². The molecule has 0 aromatic carbocycles. The van der Waals surface area contributed by atoms with Crippen molar-refractivity contribution in [3.8, 4) is 0 Å². The summed E-state index contributed by atoms with van der Waals surface area (Å²) >= 11 is 0. The molecule has 0 spiro atoms. The Morgan fingerprint density at radius 2 is 1.91 bits per heavy atom. The monoisotopic (exact) mass is 312 g/mol. The molecule has 0 fully saturated rings. The number of aliphatic carboxylic acids is 1. The summed E-state index contributed by atoms with van der Waals surface area (Å²) in [5.74, 6) is -0.775. The average Bonchev–Trinajstić information content (AvgIpc) is 2.65. The minimum absolute atomic E-state index is 0.156. The molecule has 0 unspecified atom stereocenters. The quantitative estimate of drug-likeness (QED) is 0.834. The number of aliphatic imine (C=N–C) groups is 1. The fourth-order valence-corrected chi connectivity index (χ4v) is 1.23. The first-order chi connectivity index (χ1) is 10.2. The fourth-order valence-electron chi connectivity index (χ4n) is 1.23. The zero-order valence-electron chi connectivity index (χ0n) is 14.1. The number of carboxylic acids is 1. The second-order valence-electron chi connectivity index (χ2n) is 5.05. The van der Waals surface area contributed by atoms with Gasteiger partial charge in [-0.3, -0.25) is 9.79 Å². The summed E-state index contributed by atoms with van der Waals surface area (Å²) in [5.41, 5.74) is 5.13. The molecule has 0 bridgehead atoms. The summed E-state index contributed by atoms with van der Waals surface area (Å²) in [6.45, 7) is 9.94. The van der Waals surface area contributed by atoms with Crippen molar-refractivity contribution in [3.05, 3.63) is 24.3 Å². The number of nitrogens with zero attached hydrogens (tertiary/aromatic N) is 1. The molecular formula is C16H28N2O4. The molecule has 0 saturated carbocycles. The number of hydrogen-bond donors (Lipinski definition) is 2. The molecule has 0 atom stereocenters. The van der Waals surface area contributed by atoms with Gasteiger partial charge in [-0.1, -0.05) is 32.1 Å². The maximum absolute atomic E-state index is 10.2. The third kappa shape index (κ3) is 17.9. The van der Waals surface area contributed by atoms with Crippen molar-refractivity contribution in [2.75, 3.05) is 6.54 Å². The van der Waals surface area contributed by atoms with Crippen LogP contribution in [0, 0.1) is 0 Å². The van der Waals surface area contributed by atoms with E-state index in [1.54, 1.807) is 20.8 Å². The highest BCUT2D eigenvalue weighted by molar-refractivity contribution is 5.96. The highest BCUT2D eigenvalue weighted by atomic mass is 16.6. The first-order valence-electron chi connectivity index (χ1n) is 7.27. The molecule has 0 aromatic heterocycles. The van der Waals surface area contributed by atoms with Crippen molar-refractivity contribution >= 4 is 17.8 Å². The molecule has 126 valence electrons. The van der Waals surface area contributed by atoms with Crippen molar-refractivity contribution in [1.82, 2.24) is 0 Å². The number of amides is 1. The molecule has 0 aromatic rings. The number of hydrogen-bond acceptors (Lipinski definition) is 4. The van der Waals surface area contributed by atoms with Crippen LogP contribution in [0.2, 0.25) is 0 Å². The molecule has 3 N–H and O–H groups in total. The van der Waals surface area contributed by atoms with Gasteiger partial charge in [-0.2, -0.15) is 0 Å². The zero-order chi connectivity index (χ0) is 17.6. The molecule has 1 heterocycles. The van der Waals surface area contributed by atoms with Crippen LogP contribution in [0.15, 0.2) is 29.3 Å². The Labute approximate surface area is 132 Å². The number of carbonyl (C=O) groups excluding carboxylic acids is 1. The topological polar surface area (TPSA) is 102 Å². The van der Waals surface area contributed by atoms with Gasteiger partial charge in [0, 0.05) is 5.71 Å². The van der Waals surface area contributed by atoms with E-state index >= 15 is 0 Å². The lowest BCUT2D eigenvalue weighted by molar-refractivity contribution is -0.136. The molecule has 1 aliphatic rings. The summed E-state index contributed by atoms with van der Waals surface area (Å²) < 4.78 is 4.58. The number of rotatable bonds is 3. The van der Waals surface area contributed by atoms with Crippen LogP contribution in [0.1, 0.15) is 47.5 Å². The lowest BCUT2D eigenvalue weighted by Crippen LogP contribution is -2.27. The maximum atomic E-state index is 10.2. The van der Waals surface area contributed by atoms with E-state index in [1.165, 1.54) is 0 Å². The van der Waals surface area contributed by atoms with Gasteiger partial charge >= 0.3 is 12.1 Å². The zero-order valence-corrected chi connectivity index (χ0v) is 14.1. The van der Waals surface area contributed by atoms with E-state index in [2.05, 4.69) is 9.73 Å². The maximum Gasteiger partial charge on any atom is 0.405 e. The predicted molar refractivity (Wildman–Crippen MR) is 89.2 cm³/mol. The number of nitrogens with two attached hydrogens (primary N) is 1. The SMILES string of the molecule is CC.CC(C)(C)OC(N)=O.O=C(O)CCC1=NCC=CC=C1. The summed E-state index contributed by atoms with van der Waals surface area (Å²) in [4.78, 5) is 24.4. The van der Waals surface area contributed by atoms with Gasteiger partial charge in [0.05, 0.1) is 13.0 Å². The Hall–Kier alpha value is -2.11. The number of primary amides is 1. The van der Waals surface area contributed by atoms with Crippen molar-refractivity contribution in [3.63, 3.8) is 0 Å². The molecular weight excluding hydrogens is 284 g/mol. The Kier molecular flexibility index (Phi) is 12.7. The van der Waals surface area contributed by atoms with E-state index in [-0.39, 0.29) is 6.42 Å². The van der Waals surface area contributed by atoms with Gasteiger partial charge in [-0.05, 0) is 33.3 Å². The van der Waals surface area contributed by atoms with Crippen LogP contribution in [-0.4, -0.2) is 35.0 Å². The molecule has 0 saturated heterocycles. The molecule has 6 nitrogen and oxygen atoms in total. The van der Waals surface area contributed by atoms with Crippen LogP contribution in [-0.2, 0) is 9.53 Å². The highest BCUT2D eigenvalue weighted by Gasteiger charge is 2.12. The largest absolute Gasteiger partial charge is 0.481 e. The standard InChI is InChI=1S/C9H11NO2.C5H11NO2.C2H6/c11-9(12)6-5-8-4-2-1-3-7-10-8;1-5(2,3)8-4(6)7;1-2/h1-4H,5-7H2,(H,11,12);1-3H3,(H2,6,7);1-2H3. The number of carbonyl (C=O) groups is 2. The van der Waals surface area contributed by atoms with Crippen LogP contribution >= 0.6 is 0 Å². The third-order valence-corrected chi connectivity index (χ3v) is 1.94. The van der Waals surface area contributed by atoms with Crippen LogP contribution < -0.4 is 5.73 Å². The van der Waals surface area contributed by atoms with E-state index in [1.807, 2.05) is 38.2 Å². The summed E-state index contributed by atoms with van der Waals surface area (Å²) in [6, 6.07) is 0. The lowest BCUT2D eigenvalue weighted by atomic mass is 10.2. The van der Waals surface area contributed by atoms with Crippen LogP contribution in [0.5, 0.6) is 0 Å². The minimum Gasteiger partial charge on any atom is -0.481 e. The molecule has 1 amide bonds. The van der Waals surface area contributed by atoms with E-state index in [4.69, 9.17) is 10.8 Å². The Balaban J connectivity index is 0. The average molecular weight is 312 g/mol. The molecule has 6 heteroatoms. The number of ether oxygens (including phenoxy) is 1. The Bertz CT molecular complexity index is 418. The van der Waals surface area contributed by atoms with E-state index in [0.717, 1.165) is 5.71 Å². The van der Waals surface area contributed by atoms with E-state index in [9.17, 15) is 9.59 Å². The summed E-state index contributed by atoms with van der Waals surface area (Å²) in [5, 5.41) is 8.42. The van der Waals surface area contributed by atoms with Gasteiger partial charge < -0.3 is 15.6 Å². The fraction of sp³-hybridized carbons (Fsp3) is 0.562. The summed E-state index contributed by atoms with van der Waals surface area (Å²) in [7, 11) is 0. The van der Waals surface area contributed by atoms with E-state index < -0.39 is 17.7 Å². The molecule has 1 aliphatic heterocycles. The Morgan fingerprint density at radius 3 is 2.32 bits per heavy atom. The normalized spacial score (nSPS) is 12.7. The second kappa shape index (κ2) is 12.6. The van der Waals surface area contributed by atoms with Crippen LogP contribution in [0.3, 0.4) is 0 Å². The Morgan fingerprint density at radius 1 is 1.32 bits per heavy atom. The highest BCUT2D eigenvalue weighted by Crippen LogP contribution is 2.04. The second-order valence-corrected chi connectivity index (χ2v) is 5.05. The molecule has 1 rings (SSSR count). The van der Waals surface area contributed by atoms with Crippen LogP contribution in [0.4, 0.5) is 4.79 Å². The van der Waals surface area contributed by atoms with Crippen molar-refractivity contribution in [1.29, 1.82) is 0 Å². The molecule has 0 radical (unpaired) electrons. The first-order valence-corrected chi connectivity index (χ1v) is 7.27. The lowest BCUT2D eigenvalue weighted by Gasteiger charge is -2.16. The van der Waals surface area contributed by atoms with Gasteiger partial charge in [-0.15, -0.1) is 0 Å². The van der Waals surface area contributed by atoms with Gasteiger partial charge in [-0.25, -0.2) is 4.79 Å². The van der Waals surface area contributed by atoms with Crippen molar-refractivity contribution in [2.45, 2.75) is 53.1 Å². The smallest absolute Gasteiger partial charge is 0.405 e. The van der Waals surface area contributed by atoms with Crippen molar-refractivity contribution in [2.24, 2.45) is 10.7 Å². The van der Waals surface area contributed by atoms with E-state index in [0.29, 0.717) is 13.0 Å². The predicted octanol–water partition coefficient (Wildman–Crippen LogP) is 3.32. The van der Waals surface area contributed by atoms with Gasteiger partial charge in [0.2, 0.25) is 0 Å².